The summed E-state index contributed by atoms with van der Waals surface area (Å²) in [5, 5.41) is 0. The fourth-order valence-corrected chi connectivity index (χ4v) is 2.96. The number of pyridine rings is 1. The van der Waals surface area contributed by atoms with Crippen LogP contribution in [0, 0.1) is 11.3 Å². The zero-order valence-corrected chi connectivity index (χ0v) is 11.4. The van der Waals surface area contributed by atoms with E-state index >= 15 is 0 Å². The van der Waals surface area contributed by atoms with Crippen LogP contribution in [0.25, 0.3) is 5.65 Å². The lowest BCUT2D eigenvalue weighted by Crippen LogP contribution is -2.27. The van der Waals surface area contributed by atoms with Gasteiger partial charge in [0, 0.05) is 17.6 Å². The summed E-state index contributed by atoms with van der Waals surface area (Å²) in [7, 11) is 0. The smallest absolute Gasteiger partial charge is 0.137 e. The number of imidazole rings is 1. The molecule has 3 nitrogen and oxygen atoms in total. The van der Waals surface area contributed by atoms with Gasteiger partial charge in [0.2, 0.25) is 0 Å². The van der Waals surface area contributed by atoms with Gasteiger partial charge in [-0.1, -0.05) is 20.8 Å². The van der Waals surface area contributed by atoms with Crippen molar-refractivity contribution in [1.29, 1.82) is 0 Å². The standard InChI is InChI=1S/C15H21N3/c1-15(2,3)10-4-6-12-13(8-10)18-9-11(16)5-7-14(18)17-12/h5,7,9-10H,4,6,8,16H2,1-3H3. The van der Waals surface area contributed by atoms with Crippen LogP contribution < -0.4 is 5.73 Å². The van der Waals surface area contributed by atoms with E-state index in [1.165, 1.54) is 17.8 Å². The van der Waals surface area contributed by atoms with E-state index in [2.05, 4.69) is 25.2 Å². The molecule has 2 aromatic heterocycles. The Balaban J connectivity index is 2.08. The van der Waals surface area contributed by atoms with Crippen LogP contribution in [0.1, 0.15) is 38.6 Å². The van der Waals surface area contributed by atoms with Crippen molar-refractivity contribution in [3.05, 3.63) is 29.7 Å². The Labute approximate surface area is 108 Å². The van der Waals surface area contributed by atoms with E-state index in [1.54, 1.807) is 0 Å². The fraction of sp³-hybridized carbons (Fsp3) is 0.533. The number of hydrogen-bond acceptors (Lipinski definition) is 2. The predicted octanol–water partition coefficient (Wildman–Crippen LogP) is 3.07. The Bertz CT molecular complexity index is 590. The van der Waals surface area contributed by atoms with Gasteiger partial charge >= 0.3 is 0 Å². The molecule has 18 heavy (non-hydrogen) atoms. The minimum Gasteiger partial charge on any atom is -0.398 e. The van der Waals surface area contributed by atoms with Crippen LogP contribution in [0.2, 0.25) is 0 Å². The molecule has 0 aromatic carbocycles. The van der Waals surface area contributed by atoms with E-state index in [0.717, 1.165) is 30.1 Å². The second-order valence-corrected chi connectivity index (χ2v) is 6.50. The molecule has 1 unspecified atom stereocenters. The molecule has 0 radical (unpaired) electrons. The second kappa shape index (κ2) is 3.74. The number of rotatable bonds is 0. The molecule has 0 amide bonds. The molecule has 2 heterocycles. The molecule has 0 saturated carbocycles. The topological polar surface area (TPSA) is 43.3 Å². The summed E-state index contributed by atoms with van der Waals surface area (Å²) in [6.45, 7) is 7.00. The summed E-state index contributed by atoms with van der Waals surface area (Å²) in [4.78, 5) is 4.72. The molecule has 1 atom stereocenters. The highest BCUT2D eigenvalue weighted by Crippen LogP contribution is 2.37. The van der Waals surface area contributed by atoms with Crippen LogP contribution in [-0.2, 0) is 12.8 Å². The first-order chi connectivity index (χ1) is 8.45. The number of nitrogens with two attached hydrogens (primary N) is 1. The van der Waals surface area contributed by atoms with Gasteiger partial charge in [0.25, 0.3) is 0 Å². The van der Waals surface area contributed by atoms with Crippen molar-refractivity contribution in [2.75, 3.05) is 5.73 Å². The highest BCUT2D eigenvalue weighted by molar-refractivity contribution is 5.50. The highest BCUT2D eigenvalue weighted by atomic mass is 15.0. The lowest BCUT2D eigenvalue weighted by atomic mass is 9.73. The van der Waals surface area contributed by atoms with Gasteiger partial charge in [0.15, 0.2) is 0 Å². The normalized spacial score (nSPS) is 20.1. The van der Waals surface area contributed by atoms with Gasteiger partial charge in [-0.2, -0.15) is 0 Å². The maximum absolute atomic E-state index is 5.89. The minimum absolute atomic E-state index is 0.363. The fourth-order valence-electron chi connectivity index (χ4n) is 2.96. The Kier molecular flexibility index (Phi) is 2.40. The van der Waals surface area contributed by atoms with Gasteiger partial charge in [-0.05, 0) is 42.7 Å². The first kappa shape index (κ1) is 11.6. The first-order valence-electron chi connectivity index (χ1n) is 6.70. The Morgan fingerprint density at radius 1 is 1.33 bits per heavy atom. The van der Waals surface area contributed by atoms with Gasteiger partial charge in [0.1, 0.15) is 5.65 Å². The van der Waals surface area contributed by atoms with Gasteiger partial charge in [-0.15, -0.1) is 0 Å². The maximum Gasteiger partial charge on any atom is 0.137 e. The molecule has 2 N–H and O–H groups in total. The Hall–Kier alpha value is -1.51. The Morgan fingerprint density at radius 3 is 2.83 bits per heavy atom. The van der Waals surface area contributed by atoms with Crippen molar-refractivity contribution >= 4 is 11.3 Å². The SMILES string of the molecule is CC(C)(C)C1CCc2nc3ccc(N)cn3c2C1. The number of hydrogen-bond donors (Lipinski definition) is 1. The lowest BCUT2D eigenvalue weighted by Gasteiger charge is -2.33. The van der Waals surface area contributed by atoms with E-state index in [0.29, 0.717) is 5.41 Å². The molecule has 1 aliphatic carbocycles. The molecule has 96 valence electrons. The lowest BCUT2D eigenvalue weighted by molar-refractivity contribution is 0.213. The molecule has 1 aliphatic rings. The third-order valence-corrected chi connectivity index (χ3v) is 4.22. The van der Waals surface area contributed by atoms with Gasteiger partial charge < -0.3 is 10.1 Å². The monoisotopic (exact) mass is 243 g/mol. The Morgan fingerprint density at radius 2 is 2.11 bits per heavy atom. The summed E-state index contributed by atoms with van der Waals surface area (Å²) >= 11 is 0. The van der Waals surface area contributed by atoms with E-state index in [4.69, 9.17) is 10.7 Å². The summed E-state index contributed by atoms with van der Waals surface area (Å²) < 4.78 is 2.18. The summed E-state index contributed by atoms with van der Waals surface area (Å²) in [6.07, 6.45) is 5.46. The number of nitrogens with zero attached hydrogens (tertiary/aromatic N) is 2. The van der Waals surface area contributed by atoms with Crippen molar-refractivity contribution in [3.8, 4) is 0 Å². The molecule has 3 heteroatoms. The number of anilines is 1. The van der Waals surface area contributed by atoms with E-state index in [-0.39, 0.29) is 0 Å². The molecular formula is C15H21N3. The van der Waals surface area contributed by atoms with E-state index in [1.807, 2.05) is 18.3 Å². The van der Waals surface area contributed by atoms with Crippen LogP contribution >= 0.6 is 0 Å². The number of fused-ring (bicyclic) bond motifs is 3. The van der Waals surface area contributed by atoms with Crippen LogP contribution in [0.15, 0.2) is 18.3 Å². The molecule has 3 rings (SSSR count). The molecule has 0 spiro atoms. The minimum atomic E-state index is 0.363. The molecular weight excluding hydrogens is 222 g/mol. The predicted molar refractivity (Wildman–Crippen MR) is 74.6 cm³/mol. The molecule has 0 aliphatic heterocycles. The number of nitrogen functional groups attached to an aromatic ring is 1. The van der Waals surface area contributed by atoms with Crippen LogP contribution in [-0.4, -0.2) is 9.38 Å². The summed E-state index contributed by atoms with van der Waals surface area (Å²) in [5.74, 6) is 0.728. The second-order valence-electron chi connectivity index (χ2n) is 6.50. The molecule has 0 saturated heterocycles. The van der Waals surface area contributed by atoms with Crippen LogP contribution in [0.3, 0.4) is 0 Å². The molecule has 0 bridgehead atoms. The average Bonchev–Trinajstić information content (AvgIpc) is 2.65. The highest BCUT2D eigenvalue weighted by Gasteiger charge is 2.31. The molecule has 2 aromatic rings. The average molecular weight is 243 g/mol. The maximum atomic E-state index is 5.89. The summed E-state index contributed by atoms with van der Waals surface area (Å²) in [6, 6.07) is 3.94. The zero-order valence-electron chi connectivity index (χ0n) is 11.4. The van der Waals surface area contributed by atoms with E-state index < -0.39 is 0 Å². The van der Waals surface area contributed by atoms with Crippen molar-refractivity contribution in [1.82, 2.24) is 9.38 Å². The van der Waals surface area contributed by atoms with Crippen molar-refractivity contribution in [3.63, 3.8) is 0 Å². The number of aromatic nitrogens is 2. The third-order valence-electron chi connectivity index (χ3n) is 4.22. The van der Waals surface area contributed by atoms with Crippen LogP contribution in [0.4, 0.5) is 5.69 Å². The van der Waals surface area contributed by atoms with Gasteiger partial charge in [-0.3, -0.25) is 0 Å². The van der Waals surface area contributed by atoms with Crippen molar-refractivity contribution in [2.45, 2.75) is 40.0 Å². The first-order valence-corrected chi connectivity index (χ1v) is 6.70. The molecule has 0 fully saturated rings. The van der Waals surface area contributed by atoms with E-state index in [9.17, 15) is 0 Å². The number of aryl methyl sites for hydroxylation is 1. The zero-order chi connectivity index (χ0) is 12.9. The van der Waals surface area contributed by atoms with Gasteiger partial charge in [0.05, 0.1) is 5.69 Å². The van der Waals surface area contributed by atoms with Crippen LogP contribution in [0.5, 0.6) is 0 Å². The van der Waals surface area contributed by atoms with Crippen molar-refractivity contribution < 1.29 is 0 Å². The largest absolute Gasteiger partial charge is 0.398 e. The van der Waals surface area contributed by atoms with Gasteiger partial charge in [-0.25, -0.2) is 4.98 Å². The third kappa shape index (κ3) is 1.78. The summed E-state index contributed by atoms with van der Waals surface area (Å²) in [5.41, 5.74) is 10.7. The quantitative estimate of drug-likeness (QED) is 0.772. The van der Waals surface area contributed by atoms with Crippen molar-refractivity contribution in [2.24, 2.45) is 11.3 Å².